The standard InChI is InChI=1S/C6H6N2O2.K/c9-7-8(10)6-4-2-1-3-5-6;/h1-5,9H;. The fourth-order valence-corrected chi connectivity index (χ4v) is 0.607. The molecule has 1 aromatic rings. The molecule has 4 nitrogen and oxygen atoms in total. The molecule has 0 aliphatic rings. The van der Waals surface area contributed by atoms with Crippen molar-refractivity contribution in [2.75, 3.05) is 0 Å². The van der Waals surface area contributed by atoms with E-state index < -0.39 is 0 Å². The minimum absolute atomic E-state index is 0. The number of rotatable bonds is 1. The van der Waals surface area contributed by atoms with E-state index in [1.807, 2.05) is 0 Å². The normalized spacial score (nSPS) is 10.4. The molecular formula is C6H6KN2O2. The van der Waals surface area contributed by atoms with Crippen molar-refractivity contribution in [1.82, 2.24) is 0 Å². The van der Waals surface area contributed by atoms with Crippen LogP contribution in [-0.2, 0) is 0 Å². The van der Waals surface area contributed by atoms with Crippen LogP contribution in [0.4, 0.5) is 5.69 Å². The third kappa shape index (κ3) is 3.30. The first-order valence-electron chi connectivity index (χ1n) is 2.72. The van der Waals surface area contributed by atoms with Crippen molar-refractivity contribution in [1.29, 1.82) is 0 Å². The van der Waals surface area contributed by atoms with E-state index in [9.17, 15) is 5.21 Å². The Morgan fingerprint density at radius 1 is 1.27 bits per heavy atom. The Morgan fingerprint density at radius 2 is 1.82 bits per heavy atom. The van der Waals surface area contributed by atoms with Gasteiger partial charge in [-0.1, -0.05) is 18.2 Å². The van der Waals surface area contributed by atoms with E-state index in [0.717, 1.165) is 0 Å². The van der Waals surface area contributed by atoms with Crippen LogP contribution < -0.4 is 0 Å². The molecule has 1 aromatic carbocycles. The molecule has 0 atom stereocenters. The minimum Gasteiger partial charge on any atom is -0.592 e. The average molecular weight is 177 g/mol. The smallest absolute Gasteiger partial charge is 0.248 e. The Bertz CT molecular complexity index is 238. The fourth-order valence-electron chi connectivity index (χ4n) is 0.607. The average Bonchev–Trinajstić information content (AvgIpc) is 2.05. The zero-order valence-corrected chi connectivity index (χ0v) is 9.26. The van der Waals surface area contributed by atoms with Crippen LogP contribution in [0.5, 0.6) is 0 Å². The SMILES string of the molecule is [K].[O-][N+](=NO)c1ccccc1. The van der Waals surface area contributed by atoms with E-state index >= 15 is 0 Å². The third-order valence-corrected chi connectivity index (χ3v) is 1.06. The van der Waals surface area contributed by atoms with Gasteiger partial charge in [-0.15, -0.1) is 0 Å². The first-order valence-corrected chi connectivity index (χ1v) is 2.72. The van der Waals surface area contributed by atoms with Crippen molar-refractivity contribution < 1.29 is 10.1 Å². The Labute approximate surface area is 107 Å². The molecule has 53 valence electrons. The maximum Gasteiger partial charge on any atom is 0.248 e. The van der Waals surface area contributed by atoms with Crippen LogP contribution in [0.3, 0.4) is 0 Å². The van der Waals surface area contributed by atoms with E-state index in [2.05, 4.69) is 5.28 Å². The van der Waals surface area contributed by atoms with Crippen LogP contribution in [0.1, 0.15) is 0 Å². The monoisotopic (exact) mass is 177 g/mol. The van der Waals surface area contributed by atoms with Gasteiger partial charge in [-0.25, -0.2) is 0 Å². The van der Waals surface area contributed by atoms with Gasteiger partial charge < -0.3 is 10.4 Å². The Kier molecular flexibility index (Phi) is 5.70. The van der Waals surface area contributed by atoms with E-state index in [-0.39, 0.29) is 56.2 Å². The first kappa shape index (κ1) is 11.1. The van der Waals surface area contributed by atoms with Gasteiger partial charge in [0.05, 0.1) is 0 Å². The predicted octanol–water partition coefficient (Wildman–Crippen LogP) is 1.29. The Hall–Kier alpha value is 0.0564. The van der Waals surface area contributed by atoms with Gasteiger partial charge in [0.1, 0.15) is 0 Å². The number of para-hydroxylation sites is 1. The van der Waals surface area contributed by atoms with Gasteiger partial charge >= 0.3 is 0 Å². The van der Waals surface area contributed by atoms with Crippen molar-refractivity contribution in [3.05, 3.63) is 35.5 Å². The molecule has 0 spiro atoms. The summed E-state index contributed by atoms with van der Waals surface area (Å²) in [5.41, 5.74) is 0.310. The number of hydrogen-bond donors (Lipinski definition) is 1. The summed E-state index contributed by atoms with van der Waals surface area (Å²) in [7, 11) is 0. The fraction of sp³-hybridized carbons (Fsp3) is 0. The van der Waals surface area contributed by atoms with Crippen molar-refractivity contribution >= 4 is 57.1 Å². The number of hydrogen-bond acceptors (Lipinski definition) is 2. The molecule has 0 saturated carbocycles. The first-order chi connectivity index (χ1) is 4.84. The Morgan fingerprint density at radius 3 is 2.27 bits per heavy atom. The van der Waals surface area contributed by atoms with E-state index in [1.165, 1.54) is 0 Å². The second-order valence-electron chi connectivity index (χ2n) is 1.70. The summed E-state index contributed by atoms with van der Waals surface area (Å²) in [4.78, 5) is 0.139. The molecule has 0 bridgehead atoms. The topological polar surface area (TPSA) is 58.7 Å². The molecule has 0 unspecified atom stereocenters. The van der Waals surface area contributed by atoms with Crippen LogP contribution in [0.25, 0.3) is 0 Å². The van der Waals surface area contributed by atoms with Crippen LogP contribution in [0.15, 0.2) is 35.6 Å². The summed E-state index contributed by atoms with van der Waals surface area (Å²) in [5.74, 6) is 0. The molecule has 1 rings (SSSR count). The van der Waals surface area contributed by atoms with Gasteiger partial charge in [0, 0.05) is 63.5 Å². The van der Waals surface area contributed by atoms with Crippen LogP contribution in [-0.4, -0.2) is 61.5 Å². The van der Waals surface area contributed by atoms with Crippen molar-refractivity contribution in [3.8, 4) is 0 Å². The molecule has 0 aromatic heterocycles. The minimum atomic E-state index is 0. The molecule has 1 N–H and O–H groups in total. The predicted molar refractivity (Wildman–Crippen MR) is 39.7 cm³/mol. The quantitative estimate of drug-likeness (QED) is 0.304. The zero-order chi connectivity index (χ0) is 7.40. The second kappa shape index (κ2) is 5.67. The molecule has 0 aliphatic carbocycles. The van der Waals surface area contributed by atoms with E-state index in [4.69, 9.17) is 5.21 Å². The maximum atomic E-state index is 10.5. The van der Waals surface area contributed by atoms with Crippen molar-refractivity contribution in [3.63, 3.8) is 0 Å². The molecule has 11 heavy (non-hydrogen) atoms. The van der Waals surface area contributed by atoms with Gasteiger partial charge in [0.15, 0.2) is 0 Å². The summed E-state index contributed by atoms with van der Waals surface area (Å²) in [6.45, 7) is 0. The Balaban J connectivity index is 0.000001000. The molecule has 0 aliphatic heterocycles. The van der Waals surface area contributed by atoms with Crippen LogP contribution in [0.2, 0.25) is 0 Å². The molecular weight excluding hydrogens is 171 g/mol. The van der Waals surface area contributed by atoms with E-state index in [0.29, 0.717) is 5.69 Å². The second-order valence-corrected chi connectivity index (χ2v) is 1.70. The van der Waals surface area contributed by atoms with Gasteiger partial charge in [-0.3, -0.25) is 0 Å². The number of benzene rings is 1. The molecule has 0 heterocycles. The summed E-state index contributed by atoms with van der Waals surface area (Å²) in [6.07, 6.45) is 0. The largest absolute Gasteiger partial charge is 0.592 e. The van der Waals surface area contributed by atoms with Crippen LogP contribution in [0, 0.1) is 5.21 Å². The van der Waals surface area contributed by atoms with Gasteiger partial charge in [-0.2, -0.15) is 0 Å². The van der Waals surface area contributed by atoms with Crippen molar-refractivity contribution in [2.45, 2.75) is 0 Å². The summed E-state index contributed by atoms with van der Waals surface area (Å²) in [6, 6.07) is 8.24. The summed E-state index contributed by atoms with van der Waals surface area (Å²) >= 11 is 0. The maximum absolute atomic E-state index is 10.5. The summed E-state index contributed by atoms with van der Waals surface area (Å²) < 4.78 is 0. The molecule has 0 amide bonds. The molecule has 1 radical (unpaired) electrons. The number of nitrogens with zero attached hydrogens (tertiary/aromatic N) is 2. The molecule has 0 saturated heterocycles. The third-order valence-electron chi connectivity index (χ3n) is 1.06. The molecule has 0 fully saturated rings. The van der Waals surface area contributed by atoms with Gasteiger partial charge in [-0.05, 0) is 4.86 Å². The van der Waals surface area contributed by atoms with Crippen LogP contribution >= 0.6 is 0 Å². The molecule has 5 heteroatoms. The van der Waals surface area contributed by atoms with Gasteiger partial charge in [0.2, 0.25) is 11.0 Å². The van der Waals surface area contributed by atoms with Gasteiger partial charge in [0.25, 0.3) is 0 Å². The van der Waals surface area contributed by atoms with Crippen molar-refractivity contribution in [2.24, 2.45) is 5.28 Å². The summed E-state index contributed by atoms with van der Waals surface area (Å²) in [5, 5.41) is 21.0. The zero-order valence-electron chi connectivity index (χ0n) is 6.14. The van der Waals surface area contributed by atoms with E-state index in [1.54, 1.807) is 30.3 Å².